The standard InChI is InChI=1S/C27H26O2S/c1-3-10-20(11-4-1)19-28-22-14-9-15-23(18-22)29-26-24-16-7-8-17-25(24)30-27(26)21-12-5-2-6-13-21/h1,3-4,7-11,14-18,21H,2,5-6,12-13,19H2. The molecule has 3 aromatic carbocycles. The molecule has 0 spiro atoms. The molecule has 30 heavy (non-hydrogen) atoms. The predicted octanol–water partition coefficient (Wildman–Crippen LogP) is 8.32. The summed E-state index contributed by atoms with van der Waals surface area (Å²) >= 11 is 1.91. The molecule has 1 saturated carbocycles. The minimum absolute atomic E-state index is 0.555. The van der Waals surface area contributed by atoms with E-state index in [1.165, 1.54) is 47.1 Å². The summed E-state index contributed by atoms with van der Waals surface area (Å²) in [5.41, 5.74) is 1.16. The smallest absolute Gasteiger partial charge is 0.149 e. The molecule has 0 atom stereocenters. The SMILES string of the molecule is c1ccc(COc2cccc(Oc3c(C4CCCCC4)sc4ccccc34)c2)cc1. The maximum Gasteiger partial charge on any atom is 0.149 e. The Morgan fingerprint density at radius 3 is 2.40 bits per heavy atom. The van der Waals surface area contributed by atoms with Crippen LogP contribution in [-0.4, -0.2) is 0 Å². The van der Waals surface area contributed by atoms with E-state index in [9.17, 15) is 0 Å². The molecule has 0 saturated heterocycles. The Hall–Kier alpha value is -2.78. The molecule has 0 unspecified atom stereocenters. The first-order valence-corrected chi connectivity index (χ1v) is 11.6. The number of hydrogen-bond acceptors (Lipinski definition) is 3. The van der Waals surface area contributed by atoms with Crippen LogP contribution in [0.1, 0.15) is 48.5 Å². The summed E-state index contributed by atoms with van der Waals surface area (Å²) < 4.78 is 13.9. The van der Waals surface area contributed by atoms with E-state index in [1.54, 1.807) is 0 Å². The van der Waals surface area contributed by atoms with E-state index in [4.69, 9.17) is 9.47 Å². The molecule has 1 aromatic heterocycles. The van der Waals surface area contributed by atoms with Gasteiger partial charge in [-0.2, -0.15) is 0 Å². The molecule has 4 aromatic rings. The van der Waals surface area contributed by atoms with Crippen molar-refractivity contribution in [3.63, 3.8) is 0 Å². The number of benzene rings is 3. The van der Waals surface area contributed by atoms with Gasteiger partial charge in [-0.3, -0.25) is 0 Å². The molecule has 0 bridgehead atoms. The fraction of sp³-hybridized carbons (Fsp3) is 0.259. The number of hydrogen-bond donors (Lipinski definition) is 0. The van der Waals surface area contributed by atoms with Crippen molar-refractivity contribution in [3.8, 4) is 17.2 Å². The quantitative estimate of drug-likeness (QED) is 0.316. The van der Waals surface area contributed by atoms with Crippen molar-refractivity contribution in [2.75, 3.05) is 0 Å². The van der Waals surface area contributed by atoms with Gasteiger partial charge < -0.3 is 9.47 Å². The molecule has 152 valence electrons. The topological polar surface area (TPSA) is 18.5 Å². The Bertz CT molecular complexity index is 1110. The molecule has 3 heteroatoms. The minimum Gasteiger partial charge on any atom is -0.489 e. The molecular formula is C27H26O2S. The van der Waals surface area contributed by atoms with Crippen LogP contribution in [0.25, 0.3) is 10.1 Å². The van der Waals surface area contributed by atoms with E-state index in [0.717, 1.165) is 22.8 Å². The largest absolute Gasteiger partial charge is 0.489 e. The van der Waals surface area contributed by atoms with Crippen molar-refractivity contribution >= 4 is 21.4 Å². The lowest BCUT2D eigenvalue weighted by Gasteiger charge is -2.21. The highest BCUT2D eigenvalue weighted by Gasteiger charge is 2.24. The molecule has 0 N–H and O–H groups in total. The van der Waals surface area contributed by atoms with Gasteiger partial charge in [-0.15, -0.1) is 11.3 Å². The number of ether oxygens (including phenoxy) is 2. The van der Waals surface area contributed by atoms with Crippen molar-refractivity contribution in [1.82, 2.24) is 0 Å². The van der Waals surface area contributed by atoms with Crippen molar-refractivity contribution in [2.45, 2.75) is 44.6 Å². The van der Waals surface area contributed by atoms with Crippen molar-refractivity contribution < 1.29 is 9.47 Å². The first kappa shape index (κ1) is 19.2. The van der Waals surface area contributed by atoms with Gasteiger partial charge in [0.15, 0.2) is 0 Å². The van der Waals surface area contributed by atoms with Crippen LogP contribution in [0.5, 0.6) is 17.2 Å². The Morgan fingerprint density at radius 2 is 1.53 bits per heavy atom. The van der Waals surface area contributed by atoms with E-state index < -0.39 is 0 Å². The second-order valence-corrected chi connectivity index (χ2v) is 9.06. The highest BCUT2D eigenvalue weighted by molar-refractivity contribution is 7.19. The average molecular weight is 415 g/mol. The zero-order chi connectivity index (χ0) is 20.2. The van der Waals surface area contributed by atoms with Crippen LogP contribution >= 0.6 is 11.3 Å². The van der Waals surface area contributed by atoms with Gasteiger partial charge in [0.25, 0.3) is 0 Å². The maximum absolute atomic E-state index is 6.54. The lowest BCUT2D eigenvalue weighted by atomic mass is 9.88. The van der Waals surface area contributed by atoms with Crippen LogP contribution in [0.15, 0.2) is 78.9 Å². The highest BCUT2D eigenvalue weighted by atomic mass is 32.1. The zero-order valence-electron chi connectivity index (χ0n) is 17.1. The minimum atomic E-state index is 0.555. The fourth-order valence-electron chi connectivity index (χ4n) is 4.27. The van der Waals surface area contributed by atoms with Crippen LogP contribution in [0.4, 0.5) is 0 Å². The van der Waals surface area contributed by atoms with Gasteiger partial charge in [0, 0.05) is 16.2 Å². The number of fused-ring (bicyclic) bond motifs is 1. The molecule has 1 fully saturated rings. The summed E-state index contributed by atoms with van der Waals surface area (Å²) in [7, 11) is 0. The van der Waals surface area contributed by atoms with E-state index in [1.807, 2.05) is 53.8 Å². The van der Waals surface area contributed by atoms with Gasteiger partial charge in [0.2, 0.25) is 0 Å². The molecule has 1 heterocycles. The summed E-state index contributed by atoms with van der Waals surface area (Å²) in [6, 6.07) is 26.9. The van der Waals surface area contributed by atoms with Crippen LogP contribution in [0.3, 0.4) is 0 Å². The van der Waals surface area contributed by atoms with Crippen molar-refractivity contribution in [1.29, 1.82) is 0 Å². The summed E-state index contributed by atoms with van der Waals surface area (Å²) in [6.07, 6.45) is 6.54. The number of rotatable bonds is 6. The third kappa shape index (κ3) is 4.22. The normalized spacial score (nSPS) is 14.7. The molecule has 0 aliphatic heterocycles. The Kier molecular flexibility index (Phi) is 5.71. The molecule has 2 nitrogen and oxygen atoms in total. The number of thiophene rings is 1. The molecule has 1 aliphatic rings. The molecule has 0 radical (unpaired) electrons. The Balaban J connectivity index is 1.41. The second kappa shape index (κ2) is 8.93. The predicted molar refractivity (Wildman–Crippen MR) is 125 cm³/mol. The van der Waals surface area contributed by atoms with Crippen LogP contribution < -0.4 is 9.47 Å². The van der Waals surface area contributed by atoms with E-state index in [0.29, 0.717) is 12.5 Å². The maximum atomic E-state index is 6.54. The fourth-order valence-corrected chi connectivity index (χ4v) is 5.57. The second-order valence-electron chi connectivity index (χ2n) is 7.98. The first-order valence-electron chi connectivity index (χ1n) is 10.8. The van der Waals surface area contributed by atoms with Crippen LogP contribution in [0.2, 0.25) is 0 Å². The third-order valence-corrected chi connectivity index (χ3v) is 7.14. The van der Waals surface area contributed by atoms with Gasteiger partial charge in [-0.05, 0) is 48.6 Å². The third-order valence-electron chi connectivity index (χ3n) is 5.83. The van der Waals surface area contributed by atoms with E-state index in [2.05, 4.69) is 36.4 Å². The lowest BCUT2D eigenvalue weighted by Crippen LogP contribution is -2.03. The first-order chi connectivity index (χ1) is 14.9. The molecule has 5 rings (SSSR count). The zero-order valence-corrected chi connectivity index (χ0v) is 17.9. The monoisotopic (exact) mass is 414 g/mol. The lowest BCUT2D eigenvalue weighted by molar-refractivity contribution is 0.304. The van der Waals surface area contributed by atoms with Crippen LogP contribution in [-0.2, 0) is 6.61 Å². The summed E-state index contributed by atoms with van der Waals surface area (Å²) in [5, 5.41) is 1.22. The van der Waals surface area contributed by atoms with Gasteiger partial charge in [0.1, 0.15) is 23.9 Å². The van der Waals surface area contributed by atoms with E-state index >= 15 is 0 Å². The molecular weight excluding hydrogens is 388 g/mol. The van der Waals surface area contributed by atoms with Crippen molar-refractivity contribution in [3.05, 3.63) is 89.3 Å². The highest BCUT2D eigenvalue weighted by Crippen LogP contribution is 2.48. The van der Waals surface area contributed by atoms with Crippen molar-refractivity contribution in [2.24, 2.45) is 0 Å². The van der Waals surface area contributed by atoms with Gasteiger partial charge in [-0.1, -0.05) is 67.8 Å². The summed E-state index contributed by atoms with van der Waals surface area (Å²) in [4.78, 5) is 1.41. The average Bonchev–Trinajstić information content (AvgIpc) is 3.18. The van der Waals surface area contributed by atoms with E-state index in [-0.39, 0.29) is 0 Å². The van der Waals surface area contributed by atoms with Crippen LogP contribution in [0, 0.1) is 0 Å². The summed E-state index contributed by atoms with van der Waals surface area (Å²) in [5.74, 6) is 3.32. The van der Waals surface area contributed by atoms with Gasteiger partial charge >= 0.3 is 0 Å². The molecule has 0 amide bonds. The molecule has 1 aliphatic carbocycles. The Morgan fingerprint density at radius 1 is 0.767 bits per heavy atom. The van der Waals surface area contributed by atoms with Gasteiger partial charge in [0.05, 0.1) is 4.88 Å². The summed E-state index contributed by atoms with van der Waals surface area (Å²) in [6.45, 7) is 0.555. The van der Waals surface area contributed by atoms with Gasteiger partial charge in [-0.25, -0.2) is 0 Å². The Labute approximate surface area is 182 Å².